The van der Waals surface area contributed by atoms with Gasteiger partial charge in [0.1, 0.15) is 17.2 Å². The first kappa shape index (κ1) is 15.4. The molecule has 0 fully saturated rings. The van der Waals surface area contributed by atoms with E-state index in [2.05, 4.69) is 19.2 Å². The van der Waals surface area contributed by atoms with Crippen LogP contribution in [0.2, 0.25) is 0 Å². The summed E-state index contributed by atoms with van der Waals surface area (Å²) < 4.78 is 11.4. The van der Waals surface area contributed by atoms with E-state index in [4.69, 9.17) is 9.47 Å². The zero-order valence-electron chi connectivity index (χ0n) is 12.7. The Hall–Kier alpha value is -2.00. The molecule has 2 aromatic carbocycles. The average molecular weight is 285 g/mol. The first-order chi connectivity index (χ1) is 10.2. The van der Waals surface area contributed by atoms with E-state index in [1.165, 1.54) is 0 Å². The van der Waals surface area contributed by atoms with Gasteiger partial charge in [0, 0.05) is 6.04 Å². The van der Waals surface area contributed by atoms with E-state index in [-0.39, 0.29) is 0 Å². The number of rotatable bonds is 8. The van der Waals surface area contributed by atoms with Crippen molar-refractivity contribution in [3.05, 3.63) is 54.6 Å². The van der Waals surface area contributed by atoms with Crippen LogP contribution in [0.3, 0.4) is 0 Å². The highest BCUT2D eigenvalue weighted by Gasteiger charge is 1.98. The number of ether oxygens (including phenoxy) is 2. The van der Waals surface area contributed by atoms with Gasteiger partial charge in [-0.15, -0.1) is 0 Å². The lowest BCUT2D eigenvalue weighted by Gasteiger charge is -2.10. The molecule has 0 bridgehead atoms. The number of hydrogen-bond donors (Lipinski definition) is 1. The van der Waals surface area contributed by atoms with Crippen LogP contribution in [0.15, 0.2) is 54.6 Å². The van der Waals surface area contributed by atoms with Crippen LogP contribution in [0.4, 0.5) is 0 Å². The van der Waals surface area contributed by atoms with Crippen LogP contribution in [0.25, 0.3) is 0 Å². The van der Waals surface area contributed by atoms with Gasteiger partial charge in [0.25, 0.3) is 0 Å². The molecule has 3 heteroatoms. The van der Waals surface area contributed by atoms with Gasteiger partial charge in [0.05, 0.1) is 6.61 Å². The summed E-state index contributed by atoms with van der Waals surface area (Å²) in [5, 5.41) is 3.37. The predicted octanol–water partition coefficient (Wildman–Crippen LogP) is 4.25. The molecule has 1 N–H and O–H groups in total. The van der Waals surface area contributed by atoms with Crippen LogP contribution in [0.1, 0.15) is 20.3 Å². The Morgan fingerprint density at radius 3 is 2.14 bits per heavy atom. The number of para-hydroxylation sites is 1. The van der Waals surface area contributed by atoms with Crippen molar-refractivity contribution in [2.24, 2.45) is 0 Å². The average Bonchev–Trinajstić information content (AvgIpc) is 2.49. The third-order valence-electron chi connectivity index (χ3n) is 2.95. The maximum absolute atomic E-state index is 5.74. The fourth-order valence-electron chi connectivity index (χ4n) is 1.88. The molecule has 2 aromatic rings. The Bertz CT molecular complexity index is 509. The molecular formula is C18H23NO2. The Balaban J connectivity index is 1.74. The minimum absolute atomic E-state index is 0.527. The molecular weight excluding hydrogens is 262 g/mol. The van der Waals surface area contributed by atoms with E-state index in [0.29, 0.717) is 6.04 Å². The molecule has 0 radical (unpaired) electrons. The van der Waals surface area contributed by atoms with Crippen molar-refractivity contribution in [2.45, 2.75) is 26.3 Å². The largest absolute Gasteiger partial charge is 0.494 e. The first-order valence-corrected chi connectivity index (χ1v) is 7.43. The smallest absolute Gasteiger partial charge is 0.127 e. The molecule has 0 aliphatic rings. The highest BCUT2D eigenvalue weighted by atomic mass is 16.5. The fraction of sp³-hybridized carbons (Fsp3) is 0.333. The first-order valence-electron chi connectivity index (χ1n) is 7.43. The topological polar surface area (TPSA) is 30.5 Å². The van der Waals surface area contributed by atoms with Gasteiger partial charge in [-0.1, -0.05) is 32.0 Å². The van der Waals surface area contributed by atoms with Gasteiger partial charge >= 0.3 is 0 Å². The number of benzene rings is 2. The van der Waals surface area contributed by atoms with Gasteiger partial charge in [-0.3, -0.25) is 0 Å². The number of hydrogen-bond acceptors (Lipinski definition) is 3. The van der Waals surface area contributed by atoms with Crippen molar-refractivity contribution in [1.29, 1.82) is 0 Å². The summed E-state index contributed by atoms with van der Waals surface area (Å²) in [5.41, 5.74) is 0. The van der Waals surface area contributed by atoms with Crippen molar-refractivity contribution in [3.63, 3.8) is 0 Å². The lowest BCUT2D eigenvalue weighted by atomic mass is 10.3. The third kappa shape index (κ3) is 5.88. The van der Waals surface area contributed by atoms with Gasteiger partial charge in [-0.05, 0) is 49.4 Å². The molecule has 0 aliphatic carbocycles. The summed E-state index contributed by atoms with van der Waals surface area (Å²) >= 11 is 0. The summed E-state index contributed by atoms with van der Waals surface area (Å²) in [6.07, 6.45) is 1.00. The highest BCUT2D eigenvalue weighted by molar-refractivity contribution is 5.35. The van der Waals surface area contributed by atoms with E-state index < -0.39 is 0 Å². The van der Waals surface area contributed by atoms with Crippen LogP contribution in [0.5, 0.6) is 17.2 Å². The molecule has 0 aromatic heterocycles. The minimum atomic E-state index is 0.527. The van der Waals surface area contributed by atoms with Crippen LogP contribution in [-0.2, 0) is 0 Å². The molecule has 0 unspecified atom stereocenters. The van der Waals surface area contributed by atoms with Crippen LogP contribution >= 0.6 is 0 Å². The van der Waals surface area contributed by atoms with E-state index in [9.17, 15) is 0 Å². The molecule has 21 heavy (non-hydrogen) atoms. The van der Waals surface area contributed by atoms with Crippen molar-refractivity contribution in [1.82, 2.24) is 5.32 Å². The highest BCUT2D eigenvalue weighted by Crippen LogP contribution is 2.23. The summed E-state index contributed by atoms with van der Waals surface area (Å²) in [5.74, 6) is 2.53. The zero-order chi connectivity index (χ0) is 14.9. The molecule has 3 nitrogen and oxygen atoms in total. The molecule has 0 aliphatic heterocycles. The second kappa shape index (κ2) is 8.32. The normalized spacial score (nSPS) is 10.6. The van der Waals surface area contributed by atoms with Gasteiger partial charge < -0.3 is 14.8 Å². The Morgan fingerprint density at radius 2 is 1.48 bits per heavy atom. The van der Waals surface area contributed by atoms with Gasteiger partial charge in [-0.25, -0.2) is 0 Å². The maximum atomic E-state index is 5.74. The quantitative estimate of drug-likeness (QED) is 0.736. The summed E-state index contributed by atoms with van der Waals surface area (Å²) in [4.78, 5) is 0. The van der Waals surface area contributed by atoms with E-state index in [0.717, 1.165) is 36.8 Å². The van der Waals surface area contributed by atoms with Gasteiger partial charge in [0.15, 0.2) is 0 Å². The van der Waals surface area contributed by atoms with Crippen LogP contribution < -0.4 is 14.8 Å². The molecule has 0 amide bonds. The Morgan fingerprint density at radius 1 is 0.857 bits per heavy atom. The summed E-state index contributed by atoms with van der Waals surface area (Å²) in [7, 11) is 0. The van der Waals surface area contributed by atoms with Gasteiger partial charge in [0.2, 0.25) is 0 Å². The number of nitrogens with one attached hydrogen (secondary N) is 1. The molecule has 0 atom stereocenters. The summed E-state index contributed by atoms with van der Waals surface area (Å²) in [6, 6.07) is 18.0. The van der Waals surface area contributed by atoms with Crippen molar-refractivity contribution >= 4 is 0 Å². The third-order valence-corrected chi connectivity index (χ3v) is 2.95. The molecule has 112 valence electrons. The lowest BCUT2D eigenvalue weighted by molar-refractivity contribution is 0.306. The van der Waals surface area contributed by atoms with E-state index in [1.807, 2.05) is 54.6 Å². The fourth-order valence-corrected chi connectivity index (χ4v) is 1.88. The van der Waals surface area contributed by atoms with Crippen LogP contribution in [0, 0.1) is 0 Å². The van der Waals surface area contributed by atoms with Gasteiger partial charge in [-0.2, -0.15) is 0 Å². The van der Waals surface area contributed by atoms with Crippen molar-refractivity contribution < 1.29 is 9.47 Å². The lowest BCUT2D eigenvalue weighted by Crippen LogP contribution is -2.24. The maximum Gasteiger partial charge on any atom is 0.127 e. The molecule has 2 rings (SSSR count). The van der Waals surface area contributed by atoms with Crippen molar-refractivity contribution in [2.75, 3.05) is 13.2 Å². The minimum Gasteiger partial charge on any atom is -0.494 e. The van der Waals surface area contributed by atoms with Crippen molar-refractivity contribution in [3.8, 4) is 17.2 Å². The van der Waals surface area contributed by atoms with E-state index >= 15 is 0 Å². The molecule has 0 saturated carbocycles. The van der Waals surface area contributed by atoms with E-state index in [1.54, 1.807) is 0 Å². The molecule has 0 spiro atoms. The second-order valence-electron chi connectivity index (χ2n) is 5.20. The van der Waals surface area contributed by atoms with Crippen LogP contribution in [-0.4, -0.2) is 19.2 Å². The SMILES string of the molecule is CC(C)NCCCOc1ccc(Oc2ccccc2)cc1. The zero-order valence-corrected chi connectivity index (χ0v) is 12.7. The standard InChI is InChI=1S/C18H23NO2/c1-15(2)19-13-6-14-20-16-9-11-18(12-10-16)21-17-7-4-3-5-8-17/h3-5,7-12,15,19H,6,13-14H2,1-2H3. The Kier molecular flexibility index (Phi) is 6.10. The Labute approximate surface area is 126 Å². The summed E-state index contributed by atoms with van der Waals surface area (Å²) in [6.45, 7) is 5.99. The predicted molar refractivity (Wildman–Crippen MR) is 86.2 cm³/mol. The second-order valence-corrected chi connectivity index (χ2v) is 5.20. The molecule has 0 saturated heterocycles. The monoisotopic (exact) mass is 285 g/mol. The molecule has 0 heterocycles.